The van der Waals surface area contributed by atoms with Crippen molar-refractivity contribution in [2.24, 2.45) is 0 Å². The highest BCUT2D eigenvalue weighted by Gasteiger charge is 2.37. The van der Waals surface area contributed by atoms with E-state index in [-0.39, 0.29) is 17.2 Å². The lowest BCUT2D eigenvalue weighted by Gasteiger charge is -2.33. The summed E-state index contributed by atoms with van der Waals surface area (Å²) in [5, 5.41) is 21.5. The van der Waals surface area contributed by atoms with Gasteiger partial charge in [0.1, 0.15) is 5.76 Å². The quantitative estimate of drug-likeness (QED) is 0.500. The third-order valence-corrected chi connectivity index (χ3v) is 6.18. The number of anilines is 1. The van der Waals surface area contributed by atoms with Gasteiger partial charge in [0.05, 0.1) is 39.2 Å². The molecule has 1 saturated heterocycles. The number of aliphatic hydroxyl groups is 1. The average Bonchev–Trinajstić information content (AvgIpc) is 3.15. The minimum Gasteiger partial charge on any atom is -0.502 e. The van der Waals surface area contributed by atoms with Crippen molar-refractivity contribution < 1.29 is 29.2 Å². The Morgan fingerprint density at radius 2 is 1.74 bits per heavy atom. The van der Waals surface area contributed by atoms with E-state index in [0.29, 0.717) is 43.3 Å². The number of phenolic OH excluding ortho intramolecular Hbond substituents is 1. The van der Waals surface area contributed by atoms with Crippen LogP contribution in [0.1, 0.15) is 24.3 Å². The van der Waals surface area contributed by atoms with Gasteiger partial charge in [-0.2, -0.15) is 0 Å². The van der Waals surface area contributed by atoms with Crippen molar-refractivity contribution in [2.75, 3.05) is 59.3 Å². The summed E-state index contributed by atoms with van der Waals surface area (Å²) < 4.78 is 22.5. The van der Waals surface area contributed by atoms with Gasteiger partial charge in [-0.3, -0.25) is 4.90 Å². The maximum absolute atomic E-state index is 11.1. The van der Waals surface area contributed by atoms with Crippen LogP contribution in [0.2, 0.25) is 0 Å². The van der Waals surface area contributed by atoms with E-state index in [0.717, 1.165) is 24.4 Å². The van der Waals surface area contributed by atoms with Crippen LogP contribution in [0.15, 0.2) is 42.2 Å². The number of allylic oxidation sites excluding steroid dienone is 1. The summed E-state index contributed by atoms with van der Waals surface area (Å²) in [6.07, 6.45) is -1.21. The maximum Gasteiger partial charge on any atom is 0.200 e. The second kappa shape index (κ2) is 10.4. The van der Waals surface area contributed by atoms with E-state index in [9.17, 15) is 10.2 Å². The Labute approximate surface area is 199 Å². The number of para-hydroxylation sites is 1. The summed E-state index contributed by atoms with van der Waals surface area (Å²) in [5.41, 5.74) is 9.31. The van der Waals surface area contributed by atoms with Gasteiger partial charge in [0.25, 0.3) is 0 Å². The van der Waals surface area contributed by atoms with Gasteiger partial charge in [-0.1, -0.05) is 18.2 Å². The van der Waals surface area contributed by atoms with E-state index >= 15 is 0 Å². The van der Waals surface area contributed by atoms with Crippen molar-refractivity contribution in [2.45, 2.75) is 19.3 Å². The number of hydrogen-bond donors (Lipinski definition) is 3. The number of hydrogen-bond acceptors (Lipinski definition) is 9. The Bertz CT molecular complexity index is 1010. The Hall–Kier alpha value is -3.14. The zero-order chi connectivity index (χ0) is 24.2. The van der Waals surface area contributed by atoms with Crippen molar-refractivity contribution in [3.05, 3.63) is 53.3 Å². The molecule has 2 atom stereocenters. The minimum atomic E-state index is -0.643. The number of ether oxygens (including phenoxy) is 4. The molecule has 2 aliphatic rings. The van der Waals surface area contributed by atoms with Crippen molar-refractivity contribution in [3.8, 4) is 17.2 Å². The largest absolute Gasteiger partial charge is 0.502 e. The predicted octanol–water partition coefficient (Wildman–Crippen LogP) is 2.40. The van der Waals surface area contributed by atoms with Crippen molar-refractivity contribution >= 4 is 11.4 Å². The topological polar surface area (TPSA) is 110 Å². The fourth-order valence-corrected chi connectivity index (χ4v) is 4.52. The molecule has 0 saturated carbocycles. The van der Waals surface area contributed by atoms with E-state index in [1.54, 1.807) is 12.1 Å². The Kier molecular flexibility index (Phi) is 7.35. The fraction of sp³-hybridized carbons (Fsp3) is 0.440. The van der Waals surface area contributed by atoms with Crippen molar-refractivity contribution in [1.29, 1.82) is 0 Å². The lowest BCUT2D eigenvalue weighted by atomic mass is 10.1. The van der Waals surface area contributed by atoms with Gasteiger partial charge in [0, 0.05) is 43.0 Å². The number of morpholine rings is 1. The van der Waals surface area contributed by atoms with E-state index < -0.39 is 12.3 Å². The first-order valence-corrected chi connectivity index (χ1v) is 11.3. The molecule has 0 spiro atoms. The third-order valence-electron chi connectivity index (χ3n) is 6.18. The molecular weight excluding hydrogens is 438 g/mol. The first-order valence-electron chi connectivity index (χ1n) is 11.3. The number of nitrogens with two attached hydrogens (primary N) is 1. The number of rotatable bonds is 8. The molecule has 2 aromatic carbocycles. The molecule has 0 aromatic heterocycles. The van der Waals surface area contributed by atoms with Crippen molar-refractivity contribution in [1.82, 2.24) is 9.80 Å². The van der Waals surface area contributed by atoms with E-state index in [2.05, 4.69) is 4.90 Å². The number of aliphatic hydroxyl groups excluding tert-OH is 1. The standard InChI is InChI=1S/C25H33N3O6/c1-16-23(19-6-4-5-7-20(19)26)28(15-18(29)14-27-8-10-33-11-9-27)25(34-16)17-12-21(31-2)24(30)22(13-17)32-3/h4-7,12-13,18,25,29-30H,8-11,14-15,26H2,1-3H3. The normalized spacial score (nSPS) is 19.8. The predicted molar refractivity (Wildman–Crippen MR) is 128 cm³/mol. The summed E-state index contributed by atoms with van der Waals surface area (Å²) >= 11 is 0. The second-order valence-electron chi connectivity index (χ2n) is 8.46. The summed E-state index contributed by atoms with van der Waals surface area (Å²) in [5.74, 6) is 1.16. The van der Waals surface area contributed by atoms with Gasteiger partial charge in [-0.15, -0.1) is 0 Å². The van der Waals surface area contributed by atoms with Gasteiger partial charge in [-0.25, -0.2) is 0 Å². The Morgan fingerprint density at radius 1 is 1.09 bits per heavy atom. The number of benzene rings is 2. The first kappa shape index (κ1) is 24.0. The van der Waals surface area contributed by atoms with Gasteiger partial charge in [0.2, 0.25) is 5.75 Å². The molecule has 184 valence electrons. The summed E-state index contributed by atoms with van der Waals surface area (Å²) in [6, 6.07) is 11.0. The maximum atomic E-state index is 11.1. The van der Waals surface area contributed by atoms with Gasteiger partial charge >= 0.3 is 0 Å². The van der Waals surface area contributed by atoms with Crippen LogP contribution in [0.25, 0.3) is 5.70 Å². The van der Waals surface area contributed by atoms with E-state index in [1.807, 2.05) is 36.1 Å². The molecule has 4 rings (SSSR count). The van der Waals surface area contributed by atoms with Crippen LogP contribution in [0.5, 0.6) is 17.2 Å². The van der Waals surface area contributed by atoms with Crippen molar-refractivity contribution in [3.63, 3.8) is 0 Å². The number of nitrogen functional groups attached to an aromatic ring is 1. The highest BCUT2D eigenvalue weighted by molar-refractivity contribution is 5.76. The lowest BCUT2D eigenvalue weighted by molar-refractivity contribution is -0.00942. The van der Waals surface area contributed by atoms with Crippen LogP contribution < -0.4 is 15.2 Å². The summed E-state index contributed by atoms with van der Waals surface area (Å²) in [7, 11) is 2.97. The highest BCUT2D eigenvalue weighted by Crippen LogP contribution is 2.46. The Morgan fingerprint density at radius 3 is 2.35 bits per heavy atom. The molecule has 4 N–H and O–H groups in total. The molecular formula is C25H33N3O6. The van der Waals surface area contributed by atoms with Crippen LogP contribution in [0, 0.1) is 0 Å². The monoisotopic (exact) mass is 471 g/mol. The first-order chi connectivity index (χ1) is 16.4. The molecule has 0 amide bonds. The van der Waals surface area contributed by atoms with Crippen LogP contribution in [0.3, 0.4) is 0 Å². The molecule has 2 heterocycles. The van der Waals surface area contributed by atoms with Crippen LogP contribution in [-0.2, 0) is 9.47 Å². The van der Waals surface area contributed by atoms with E-state index in [1.165, 1.54) is 14.2 Å². The fourth-order valence-electron chi connectivity index (χ4n) is 4.52. The molecule has 0 aliphatic carbocycles. The molecule has 9 nitrogen and oxygen atoms in total. The second-order valence-corrected chi connectivity index (χ2v) is 8.46. The molecule has 34 heavy (non-hydrogen) atoms. The molecule has 1 fully saturated rings. The summed E-state index contributed by atoms with van der Waals surface area (Å²) in [4.78, 5) is 4.21. The third kappa shape index (κ3) is 4.86. The SMILES string of the molecule is COc1cc(C2OC(C)=C(c3ccccc3N)N2CC(O)CN2CCOCC2)cc(OC)c1O. The van der Waals surface area contributed by atoms with Crippen LogP contribution in [0.4, 0.5) is 5.69 Å². The number of nitrogens with zero attached hydrogens (tertiary/aromatic N) is 2. The highest BCUT2D eigenvalue weighted by atomic mass is 16.5. The van der Waals surface area contributed by atoms with Gasteiger partial charge < -0.3 is 39.8 Å². The smallest absolute Gasteiger partial charge is 0.200 e. The molecule has 2 unspecified atom stereocenters. The molecule has 2 aliphatic heterocycles. The van der Waals surface area contributed by atoms with Crippen LogP contribution in [-0.4, -0.2) is 79.7 Å². The Balaban J connectivity index is 1.69. The number of aromatic hydroxyl groups is 1. The van der Waals surface area contributed by atoms with Gasteiger partial charge in [-0.05, 0) is 25.1 Å². The average molecular weight is 472 g/mol. The number of methoxy groups -OCH3 is 2. The van der Waals surface area contributed by atoms with E-state index in [4.69, 9.17) is 24.7 Å². The number of β-amino-alcohol motifs (C(OH)–C–C–N with tert-alkyl or cyclic N) is 1. The molecule has 0 bridgehead atoms. The minimum absolute atomic E-state index is 0.0807. The molecule has 0 radical (unpaired) electrons. The number of phenols is 1. The zero-order valence-corrected chi connectivity index (χ0v) is 19.9. The van der Waals surface area contributed by atoms with Crippen LogP contribution >= 0.6 is 0 Å². The zero-order valence-electron chi connectivity index (χ0n) is 19.9. The van der Waals surface area contributed by atoms with Gasteiger partial charge in [0.15, 0.2) is 17.7 Å². The summed E-state index contributed by atoms with van der Waals surface area (Å²) in [6.45, 7) is 5.63. The lowest BCUT2D eigenvalue weighted by Crippen LogP contribution is -2.44. The molecule has 2 aromatic rings. The molecule has 9 heteroatoms.